The number of benzene rings is 2. The van der Waals surface area contributed by atoms with Gasteiger partial charge in [-0.25, -0.2) is 14.1 Å². The highest BCUT2D eigenvalue weighted by atomic mass is 35.5. The van der Waals surface area contributed by atoms with Crippen LogP contribution >= 0.6 is 11.6 Å². The Morgan fingerprint density at radius 1 is 1.11 bits per heavy atom. The van der Waals surface area contributed by atoms with Gasteiger partial charge in [-0.05, 0) is 55.2 Å². The molecule has 1 spiro atoms. The van der Waals surface area contributed by atoms with E-state index in [0.29, 0.717) is 39.0 Å². The maximum absolute atomic E-state index is 15.5. The highest BCUT2D eigenvalue weighted by Crippen LogP contribution is 2.50. The first-order valence-electron chi connectivity index (χ1n) is 15.5. The molecule has 2 saturated heterocycles. The zero-order chi connectivity index (χ0) is 33.2. The summed E-state index contributed by atoms with van der Waals surface area (Å²) in [5.41, 5.74) is 4.55. The molecular weight excluding hydrogens is 623 g/mol. The van der Waals surface area contributed by atoms with Crippen molar-refractivity contribution in [2.75, 3.05) is 38.6 Å². The fourth-order valence-corrected chi connectivity index (χ4v) is 7.72. The van der Waals surface area contributed by atoms with Crippen molar-refractivity contribution in [3.63, 3.8) is 0 Å². The Balaban J connectivity index is 1.18. The Hall–Kier alpha value is -4.61. The fraction of sp³-hybridized carbons (Fsp3) is 0.343. The fourth-order valence-electron chi connectivity index (χ4n) is 7.40. The van der Waals surface area contributed by atoms with E-state index in [9.17, 15) is 14.4 Å². The zero-order valence-electron chi connectivity index (χ0n) is 26.6. The van der Waals surface area contributed by atoms with Crippen molar-refractivity contribution in [2.24, 2.45) is 12.5 Å². The summed E-state index contributed by atoms with van der Waals surface area (Å²) in [7, 11) is 3.08. The summed E-state index contributed by atoms with van der Waals surface area (Å²) >= 11 is 7.04. The average molecular weight is 657 g/mol. The Kier molecular flexibility index (Phi) is 7.64. The standard InChI is InChI=1S/C35H34ClFN6O4/c1-19-26(39-32(45)24-12-13-38-41(3)34(24)46)10-9-25(37)29(19)23-7-5-6-22(31(23)36)27-14-21-8-11-28(30(21)33(40-27)47-4)43-17-35(18-43)15-42(16-35)20(2)44/h5-7,9-10,12-14,28H,8,11,15-18H2,1-4H3,(H,39,45). The number of rotatable bonds is 6. The number of amides is 2. The summed E-state index contributed by atoms with van der Waals surface area (Å²) in [6.07, 6.45) is 3.18. The van der Waals surface area contributed by atoms with E-state index in [1.165, 1.54) is 31.4 Å². The van der Waals surface area contributed by atoms with Gasteiger partial charge in [0.15, 0.2) is 0 Å². The lowest BCUT2D eigenvalue weighted by Gasteiger charge is -2.61. The molecule has 2 aromatic carbocycles. The second-order valence-electron chi connectivity index (χ2n) is 12.8. The second-order valence-corrected chi connectivity index (χ2v) is 13.2. The number of nitrogens with zero attached hydrogens (tertiary/aromatic N) is 5. The van der Waals surface area contributed by atoms with Gasteiger partial charge >= 0.3 is 0 Å². The van der Waals surface area contributed by atoms with E-state index in [1.807, 2.05) is 17.0 Å². The molecule has 4 heterocycles. The minimum atomic E-state index is -0.625. The molecule has 1 unspecified atom stereocenters. The number of likely N-dealkylation sites (tertiary alicyclic amines) is 2. The lowest BCUT2D eigenvalue weighted by atomic mass is 9.72. The minimum absolute atomic E-state index is 0.0806. The summed E-state index contributed by atoms with van der Waals surface area (Å²) in [6.45, 7) is 6.85. The van der Waals surface area contributed by atoms with Gasteiger partial charge in [-0.15, -0.1) is 0 Å². The maximum Gasteiger partial charge on any atom is 0.279 e. The van der Waals surface area contributed by atoms with Gasteiger partial charge in [0.25, 0.3) is 11.5 Å². The number of anilines is 1. The molecule has 3 aliphatic rings. The van der Waals surface area contributed by atoms with Gasteiger partial charge in [0, 0.05) is 85.7 Å². The zero-order valence-corrected chi connectivity index (χ0v) is 27.3. The summed E-state index contributed by atoms with van der Waals surface area (Å²) < 4.78 is 22.4. The number of methoxy groups -OCH3 is 1. The van der Waals surface area contributed by atoms with Crippen LogP contribution in [-0.2, 0) is 18.3 Å². The molecule has 2 aliphatic heterocycles. The monoisotopic (exact) mass is 656 g/mol. The maximum atomic E-state index is 15.5. The van der Waals surface area contributed by atoms with E-state index >= 15 is 4.39 Å². The second kappa shape index (κ2) is 11.6. The van der Waals surface area contributed by atoms with Crippen LogP contribution in [0.3, 0.4) is 0 Å². The third-order valence-electron chi connectivity index (χ3n) is 9.80. The molecule has 10 nitrogen and oxygen atoms in total. The van der Waals surface area contributed by atoms with Crippen molar-refractivity contribution in [3.05, 3.63) is 92.1 Å². The van der Waals surface area contributed by atoms with Gasteiger partial charge in [0.2, 0.25) is 11.8 Å². The number of carbonyl (C=O) groups excluding carboxylic acids is 2. The first kappa shape index (κ1) is 31.0. The highest BCUT2D eigenvalue weighted by molar-refractivity contribution is 6.36. The van der Waals surface area contributed by atoms with Crippen molar-refractivity contribution in [2.45, 2.75) is 32.7 Å². The van der Waals surface area contributed by atoms with Crippen molar-refractivity contribution >= 4 is 29.1 Å². The Bertz CT molecular complexity index is 2020. The van der Waals surface area contributed by atoms with E-state index in [2.05, 4.69) is 15.3 Å². The number of pyridine rings is 1. The molecule has 2 fully saturated rings. The van der Waals surface area contributed by atoms with E-state index in [4.69, 9.17) is 21.3 Å². The molecule has 1 atom stereocenters. The number of aromatic nitrogens is 3. The predicted octanol–water partition coefficient (Wildman–Crippen LogP) is 5.02. The number of nitrogens with one attached hydrogen (secondary N) is 1. The van der Waals surface area contributed by atoms with Gasteiger partial charge < -0.3 is 15.0 Å². The molecule has 12 heteroatoms. The molecule has 2 aromatic heterocycles. The van der Waals surface area contributed by atoms with Crippen LogP contribution in [0.4, 0.5) is 10.1 Å². The number of carbonyl (C=O) groups is 2. The Morgan fingerprint density at radius 3 is 2.57 bits per heavy atom. The van der Waals surface area contributed by atoms with Crippen LogP contribution < -0.4 is 15.6 Å². The quantitative estimate of drug-likeness (QED) is 0.310. The van der Waals surface area contributed by atoms with Crippen molar-refractivity contribution in [3.8, 4) is 28.3 Å². The van der Waals surface area contributed by atoms with Crippen LogP contribution in [0.25, 0.3) is 22.4 Å². The van der Waals surface area contributed by atoms with E-state index in [-0.39, 0.29) is 28.5 Å². The van der Waals surface area contributed by atoms with Crippen molar-refractivity contribution in [1.82, 2.24) is 24.6 Å². The van der Waals surface area contributed by atoms with E-state index < -0.39 is 17.3 Å². The summed E-state index contributed by atoms with van der Waals surface area (Å²) in [5, 5.41) is 6.91. The van der Waals surface area contributed by atoms with Gasteiger partial charge in [-0.1, -0.05) is 29.8 Å². The molecule has 0 bridgehead atoms. The highest BCUT2D eigenvalue weighted by Gasteiger charge is 2.55. The smallest absolute Gasteiger partial charge is 0.279 e. The predicted molar refractivity (Wildman–Crippen MR) is 176 cm³/mol. The lowest BCUT2D eigenvalue weighted by Crippen LogP contribution is -2.72. The lowest BCUT2D eigenvalue weighted by molar-refractivity contribution is -0.161. The molecule has 0 saturated carbocycles. The molecule has 4 aromatic rings. The Labute approximate surface area is 276 Å². The molecule has 2 amide bonds. The summed E-state index contributed by atoms with van der Waals surface area (Å²) in [4.78, 5) is 46.4. The van der Waals surface area contributed by atoms with Crippen LogP contribution in [0.5, 0.6) is 5.88 Å². The molecule has 1 aliphatic carbocycles. The van der Waals surface area contributed by atoms with Gasteiger partial charge in [0.1, 0.15) is 11.4 Å². The first-order valence-corrected chi connectivity index (χ1v) is 15.9. The minimum Gasteiger partial charge on any atom is -0.481 e. The van der Waals surface area contributed by atoms with E-state index in [1.54, 1.807) is 33.1 Å². The van der Waals surface area contributed by atoms with Crippen LogP contribution in [0.15, 0.2) is 53.5 Å². The normalized spacial score (nSPS) is 18.0. The van der Waals surface area contributed by atoms with Gasteiger partial charge in [-0.3, -0.25) is 19.3 Å². The van der Waals surface area contributed by atoms with Crippen LogP contribution in [0.1, 0.15) is 46.4 Å². The van der Waals surface area contributed by atoms with Crippen LogP contribution in [0, 0.1) is 18.2 Å². The number of hydrogen-bond donors (Lipinski definition) is 1. The van der Waals surface area contributed by atoms with Crippen molar-refractivity contribution < 1.29 is 18.7 Å². The number of aryl methyl sites for hydroxylation is 2. The first-order chi connectivity index (χ1) is 22.5. The molecule has 242 valence electrons. The average Bonchev–Trinajstić information content (AvgIpc) is 3.42. The molecule has 7 rings (SSSR count). The summed E-state index contributed by atoms with van der Waals surface area (Å²) in [6, 6.07) is 11.7. The van der Waals surface area contributed by atoms with Crippen molar-refractivity contribution in [1.29, 1.82) is 0 Å². The van der Waals surface area contributed by atoms with Gasteiger partial charge in [-0.2, -0.15) is 5.10 Å². The topological polar surface area (TPSA) is 110 Å². The molecule has 1 N–H and O–H groups in total. The van der Waals surface area contributed by atoms with Crippen LogP contribution in [0.2, 0.25) is 5.02 Å². The third-order valence-corrected chi connectivity index (χ3v) is 10.2. The largest absolute Gasteiger partial charge is 0.481 e. The number of hydrogen-bond acceptors (Lipinski definition) is 7. The number of halogens is 2. The molecular formula is C35H34ClFN6O4. The Morgan fingerprint density at radius 2 is 1.85 bits per heavy atom. The number of fused-ring (bicyclic) bond motifs is 1. The summed E-state index contributed by atoms with van der Waals surface area (Å²) in [5.74, 6) is -0.448. The van der Waals surface area contributed by atoms with Gasteiger partial charge in [0.05, 0.1) is 17.8 Å². The van der Waals surface area contributed by atoms with Crippen LogP contribution in [-0.4, -0.2) is 69.7 Å². The SMILES string of the molecule is COc1nc(-c2cccc(-c3c(F)ccc(NC(=O)c4ccnn(C)c4=O)c3C)c2Cl)cc2c1C(N1CC3(CN(C(C)=O)C3)C1)CC2. The third kappa shape index (κ3) is 5.18. The molecule has 47 heavy (non-hydrogen) atoms. The van der Waals surface area contributed by atoms with E-state index in [0.717, 1.165) is 54.8 Å². The molecule has 0 radical (unpaired) electrons. The number of ether oxygens (including phenoxy) is 1.